The molecule has 1 fully saturated rings. The Balaban J connectivity index is 2.84. The Kier molecular flexibility index (Phi) is 4.11. The van der Waals surface area contributed by atoms with Gasteiger partial charge in [-0.1, -0.05) is 0 Å². The Morgan fingerprint density at radius 2 is 1.72 bits per heavy atom. The molecule has 0 saturated carbocycles. The van der Waals surface area contributed by atoms with Crippen molar-refractivity contribution in [2.75, 3.05) is 7.05 Å². The molecule has 4 heteroatoms. The smallest absolute Gasteiger partial charge is 0.370 e. The van der Waals surface area contributed by atoms with Crippen LogP contribution in [0, 0.1) is 0 Å². The number of aliphatic carboxylic acids is 1. The Morgan fingerprint density at radius 1 is 1.28 bits per heavy atom. The van der Waals surface area contributed by atoms with Crippen molar-refractivity contribution in [3.63, 3.8) is 0 Å². The van der Waals surface area contributed by atoms with E-state index in [0.717, 1.165) is 12.8 Å². The minimum Gasteiger partial charge on any atom is -0.483 e. The summed E-state index contributed by atoms with van der Waals surface area (Å²) in [7, 11) is 2.12. The first-order valence-corrected chi connectivity index (χ1v) is 6.40. The van der Waals surface area contributed by atoms with Gasteiger partial charge in [0.15, 0.2) is 5.76 Å². The molecule has 0 radical (unpaired) electrons. The molecule has 104 valence electrons. The predicted molar refractivity (Wildman–Crippen MR) is 71.4 cm³/mol. The van der Waals surface area contributed by atoms with Gasteiger partial charge in [0.05, 0.1) is 0 Å². The summed E-state index contributed by atoms with van der Waals surface area (Å²) < 4.78 is 5.66. The maximum absolute atomic E-state index is 11.0. The van der Waals surface area contributed by atoms with Gasteiger partial charge in [0.2, 0.25) is 0 Å². The van der Waals surface area contributed by atoms with Crippen molar-refractivity contribution < 1.29 is 14.6 Å². The number of nitrogens with zero attached hydrogens (tertiary/aromatic N) is 1. The van der Waals surface area contributed by atoms with Crippen LogP contribution in [0.5, 0.6) is 0 Å². The number of rotatable bonds is 3. The fourth-order valence-electron chi connectivity index (χ4n) is 2.78. The first-order chi connectivity index (χ1) is 8.10. The number of carbonyl (C=O) groups is 1. The van der Waals surface area contributed by atoms with Crippen LogP contribution in [0.3, 0.4) is 0 Å². The highest BCUT2D eigenvalue weighted by atomic mass is 16.5. The number of allylic oxidation sites excluding steroid dienone is 1. The van der Waals surface area contributed by atoms with E-state index in [0.29, 0.717) is 0 Å². The Labute approximate surface area is 110 Å². The molecule has 0 aromatic rings. The molecule has 0 aliphatic carbocycles. The number of likely N-dealkylation sites (tertiary alicyclic amines) is 1. The zero-order valence-corrected chi connectivity index (χ0v) is 12.3. The predicted octanol–water partition coefficient (Wildman–Crippen LogP) is 2.64. The van der Waals surface area contributed by atoms with E-state index in [2.05, 4.69) is 39.6 Å². The fraction of sp³-hybridized carbons (Fsp3) is 0.786. The highest BCUT2D eigenvalue weighted by Crippen LogP contribution is 2.38. The van der Waals surface area contributed by atoms with E-state index in [9.17, 15) is 4.79 Å². The first kappa shape index (κ1) is 15.0. The normalized spacial score (nSPS) is 24.9. The second-order valence-electron chi connectivity index (χ2n) is 6.29. The van der Waals surface area contributed by atoms with E-state index in [1.165, 1.54) is 6.08 Å². The lowest BCUT2D eigenvalue weighted by molar-refractivity contribution is -0.141. The lowest BCUT2D eigenvalue weighted by atomic mass is 9.79. The summed E-state index contributed by atoms with van der Waals surface area (Å²) >= 11 is 0. The van der Waals surface area contributed by atoms with Crippen molar-refractivity contribution in [2.45, 2.75) is 64.6 Å². The number of carboxylic acid groups (broad SMARTS) is 1. The van der Waals surface area contributed by atoms with Gasteiger partial charge in [-0.05, 0) is 47.7 Å². The Morgan fingerprint density at radius 3 is 2.06 bits per heavy atom. The lowest BCUT2D eigenvalue weighted by Crippen LogP contribution is -2.60. The van der Waals surface area contributed by atoms with Gasteiger partial charge in [0.25, 0.3) is 0 Å². The van der Waals surface area contributed by atoms with E-state index in [4.69, 9.17) is 9.84 Å². The zero-order valence-electron chi connectivity index (χ0n) is 12.3. The van der Waals surface area contributed by atoms with Gasteiger partial charge in [0, 0.05) is 23.9 Å². The number of piperidine rings is 1. The lowest BCUT2D eigenvalue weighted by Gasteiger charge is -2.53. The summed E-state index contributed by atoms with van der Waals surface area (Å²) in [5.74, 6) is -0.941. The van der Waals surface area contributed by atoms with Crippen LogP contribution < -0.4 is 0 Å². The van der Waals surface area contributed by atoms with Crippen molar-refractivity contribution in [3.05, 3.63) is 11.8 Å². The van der Waals surface area contributed by atoms with E-state index in [1.54, 1.807) is 6.92 Å². The quantitative estimate of drug-likeness (QED) is 0.622. The largest absolute Gasteiger partial charge is 0.483 e. The molecule has 0 unspecified atom stereocenters. The molecule has 0 aromatic heterocycles. The van der Waals surface area contributed by atoms with Gasteiger partial charge in [0.1, 0.15) is 6.10 Å². The van der Waals surface area contributed by atoms with Gasteiger partial charge >= 0.3 is 5.97 Å². The number of hydrogen-bond acceptors (Lipinski definition) is 3. The minimum absolute atomic E-state index is 0.00374. The summed E-state index contributed by atoms with van der Waals surface area (Å²) in [4.78, 5) is 13.3. The van der Waals surface area contributed by atoms with Crippen LogP contribution in [0.2, 0.25) is 0 Å². The molecular weight excluding hydrogens is 230 g/mol. The fourth-order valence-corrected chi connectivity index (χ4v) is 2.78. The number of ether oxygens (including phenoxy) is 1. The van der Waals surface area contributed by atoms with Crippen LogP contribution in [0.25, 0.3) is 0 Å². The maximum atomic E-state index is 11.0. The average Bonchev–Trinajstić information content (AvgIpc) is 2.21. The van der Waals surface area contributed by atoms with Gasteiger partial charge in [-0.2, -0.15) is 0 Å². The van der Waals surface area contributed by atoms with Crippen molar-refractivity contribution in [2.24, 2.45) is 0 Å². The Hall–Kier alpha value is -1.03. The molecule has 0 amide bonds. The standard InChI is InChI=1S/C14H25NO3/c1-7-11(12(16)17)18-10-8-13(2,3)15(6)14(4,5)9-10/h7,10H,8-9H2,1-6H3,(H,16,17). The van der Waals surface area contributed by atoms with Gasteiger partial charge in [-0.3, -0.25) is 4.90 Å². The third-order valence-corrected chi connectivity index (χ3v) is 4.04. The van der Waals surface area contributed by atoms with Crippen LogP contribution in [-0.4, -0.2) is 40.2 Å². The van der Waals surface area contributed by atoms with Crippen LogP contribution in [0.4, 0.5) is 0 Å². The Bertz CT molecular complexity index is 340. The van der Waals surface area contributed by atoms with Crippen molar-refractivity contribution in [3.8, 4) is 0 Å². The summed E-state index contributed by atoms with van der Waals surface area (Å²) in [5.41, 5.74) is 0.00748. The van der Waals surface area contributed by atoms with Crippen LogP contribution in [-0.2, 0) is 9.53 Å². The zero-order chi connectivity index (χ0) is 14.1. The second kappa shape index (κ2) is 4.92. The molecule has 1 rings (SSSR count). The van der Waals surface area contributed by atoms with E-state index >= 15 is 0 Å². The third-order valence-electron chi connectivity index (χ3n) is 4.04. The van der Waals surface area contributed by atoms with Crippen LogP contribution in [0.1, 0.15) is 47.5 Å². The minimum atomic E-state index is -0.993. The van der Waals surface area contributed by atoms with Crippen molar-refractivity contribution in [1.82, 2.24) is 4.90 Å². The molecular formula is C14H25NO3. The molecule has 0 atom stereocenters. The van der Waals surface area contributed by atoms with E-state index in [1.807, 2.05) is 0 Å². The SMILES string of the molecule is CC=C(OC1CC(C)(C)N(C)C(C)(C)C1)C(=O)O. The highest BCUT2D eigenvalue weighted by molar-refractivity contribution is 5.84. The van der Waals surface area contributed by atoms with E-state index < -0.39 is 5.97 Å². The van der Waals surface area contributed by atoms with Crippen LogP contribution in [0.15, 0.2) is 11.8 Å². The molecule has 18 heavy (non-hydrogen) atoms. The molecule has 0 spiro atoms. The molecule has 1 heterocycles. The first-order valence-electron chi connectivity index (χ1n) is 6.40. The van der Waals surface area contributed by atoms with Crippen LogP contribution >= 0.6 is 0 Å². The number of hydrogen-bond donors (Lipinski definition) is 1. The van der Waals surface area contributed by atoms with Gasteiger partial charge in [-0.25, -0.2) is 4.79 Å². The van der Waals surface area contributed by atoms with Crippen molar-refractivity contribution in [1.29, 1.82) is 0 Å². The van der Waals surface area contributed by atoms with E-state index in [-0.39, 0.29) is 22.9 Å². The van der Waals surface area contributed by atoms with Gasteiger partial charge in [-0.15, -0.1) is 0 Å². The monoisotopic (exact) mass is 255 g/mol. The maximum Gasteiger partial charge on any atom is 0.370 e. The summed E-state index contributed by atoms with van der Waals surface area (Å²) in [6.07, 6.45) is 3.13. The highest BCUT2D eigenvalue weighted by Gasteiger charge is 2.44. The second-order valence-corrected chi connectivity index (χ2v) is 6.29. The summed E-state index contributed by atoms with van der Waals surface area (Å²) in [6, 6.07) is 0. The molecule has 0 bridgehead atoms. The molecule has 1 saturated heterocycles. The third kappa shape index (κ3) is 3.05. The summed E-state index contributed by atoms with van der Waals surface area (Å²) in [5, 5.41) is 9.01. The average molecular weight is 255 g/mol. The molecule has 1 aliphatic rings. The topological polar surface area (TPSA) is 49.8 Å². The molecule has 1 aliphatic heterocycles. The molecule has 4 nitrogen and oxygen atoms in total. The van der Waals surface area contributed by atoms with Crippen molar-refractivity contribution >= 4 is 5.97 Å². The molecule has 0 aromatic carbocycles. The molecule has 1 N–H and O–H groups in total. The van der Waals surface area contributed by atoms with Gasteiger partial charge < -0.3 is 9.84 Å². The summed E-state index contributed by atoms with van der Waals surface area (Å²) in [6.45, 7) is 10.4. The number of carboxylic acids is 1.